The molecule has 2 aliphatic rings. The third-order valence-electron chi connectivity index (χ3n) is 8.81. The number of aromatic nitrogens is 4. The summed E-state index contributed by atoms with van der Waals surface area (Å²) >= 11 is 0. The first-order valence-corrected chi connectivity index (χ1v) is 17.4. The number of morpholine rings is 2. The van der Waals surface area contributed by atoms with Gasteiger partial charge >= 0.3 is 0 Å². The van der Waals surface area contributed by atoms with Crippen LogP contribution in [0.4, 0.5) is 38.8 Å². The zero-order valence-corrected chi connectivity index (χ0v) is 29.6. The highest BCUT2D eigenvalue weighted by Crippen LogP contribution is 2.33. The van der Waals surface area contributed by atoms with E-state index < -0.39 is 11.7 Å². The Morgan fingerprint density at radius 1 is 0.868 bits per heavy atom. The van der Waals surface area contributed by atoms with Gasteiger partial charge < -0.3 is 40.1 Å². The minimum Gasteiger partial charge on any atom is -0.378 e. The maximum Gasteiger partial charge on any atom is 0.276 e. The third-order valence-corrected chi connectivity index (χ3v) is 8.81. The van der Waals surface area contributed by atoms with E-state index in [0.717, 1.165) is 24.5 Å². The van der Waals surface area contributed by atoms with Crippen LogP contribution in [0.1, 0.15) is 10.5 Å². The number of H-pyrrole nitrogens is 1. The van der Waals surface area contributed by atoms with Gasteiger partial charge in [0.2, 0.25) is 11.9 Å². The largest absolute Gasteiger partial charge is 0.378 e. The summed E-state index contributed by atoms with van der Waals surface area (Å²) in [7, 11) is 3.84. The number of anilines is 6. The standard InChI is InChI=1S/C38H41FN10O4/c1-47(2)13-5-10-32(50)40-26-7-3-6-25(22-26)34-33-35(37(51)41-28-11-12-31(30(39)24-28)49-16-20-53-21-17-49)45-46-36(33)44-38(43-34)42-27-8-4-9-29(23-27)48-14-18-52-19-15-48/h3-12,22-24H,13-21H2,1-2H3,(H,40,50)(H,41,51)(H2,42,43,44,45,46)/b10-5+. The Morgan fingerprint density at radius 2 is 1.58 bits per heavy atom. The number of rotatable bonds is 11. The molecule has 14 nitrogen and oxygen atoms in total. The van der Waals surface area contributed by atoms with E-state index >= 15 is 4.39 Å². The molecule has 2 aliphatic heterocycles. The molecule has 0 radical (unpaired) electrons. The van der Waals surface area contributed by atoms with Crippen LogP contribution in [0.2, 0.25) is 0 Å². The number of benzene rings is 3. The van der Waals surface area contributed by atoms with Crippen LogP contribution in [-0.4, -0.2) is 110 Å². The van der Waals surface area contributed by atoms with Gasteiger partial charge in [-0.2, -0.15) is 10.1 Å². The van der Waals surface area contributed by atoms with Crippen molar-refractivity contribution in [1.82, 2.24) is 25.1 Å². The quantitative estimate of drug-likeness (QED) is 0.138. The molecule has 0 spiro atoms. The number of hydrogen-bond donors (Lipinski definition) is 4. The molecule has 53 heavy (non-hydrogen) atoms. The molecule has 0 saturated carbocycles. The van der Waals surface area contributed by atoms with Crippen molar-refractivity contribution in [2.24, 2.45) is 0 Å². The molecule has 2 aromatic heterocycles. The smallest absolute Gasteiger partial charge is 0.276 e. The molecule has 0 atom stereocenters. The maximum atomic E-state index is 15.2. The summed E-state index contributed by atoms with van der Waals surface area (Å²) in [6, 6.07) is 19.7. The van der Waals surface area contributed by atoms with Gasteiger partial charge in [0.05, 0.1) is 43.2 Å². The minimum atomic E-state index is -0.575. The highest BCUT2D eigenvalue weighted by molar-refractivity contribution is 6.14. The van der Waals surface area contributed by atoms with Crippen molar-refractivity contribution >= 4 is 57.2 Å². The van der Waals surface area contributed by atoms with Gasteiger partial charge in [0.25, 0.3) is 5.91 Å². The molecule has 0 bridgehead atoms. The second-order valence-corrected chi connectivity index (χ2v) is 12.9. The summed E-state index contributed by atoms with van der Waals surface area (Å²) in [5, 5.41) is 16.6. The summed E-state index contributed by atoms with van der Waals surface area (Å²) in [4.78, 5) is 42.2. The van der Waals surface area contributed by atoms with Crippen LogP contribution in [0.25, 0.3) is 22.3 Å². The van der Waals surface area contributed by atoms with E-state index in [2.05, 4.69) is 31.0 Å². The lowest BCUT2D eigenvalue weighted by molar-refractivity contribution is -0.111. The first kappa shape index (κ1) is 35.5. The fraction of sp³-hybridized carbons (Fsp3) is 0.289. The Balaban J connectivity index is 1.21. The molecule has 2 fully saturated rings. The molecule has 15 heteroatoms. The van der Waals surface area contributed by atoms with E-state index in [9.17, 15) is 9.59 Å². The number of carbonyl (C=O) groups is 2. The molecule has 0 unspecified atom stereocenters. The fourth-order valence-electron chi connectivity index (χ4n) is 6.23. The van der Waals surface area contributed by atoms with E-state index in [1.807, 2.05) is 54.2 Å². The second kappa shape index (κ2) is 16.2. The first-order valence-electron chi connectivity index (χ1n) is 17.4. The number of fused-ring (bicyclic) bond motifs is 1. The zero-order chi connectivity index (χ0) is 36.7. The van der Waals surface area contributed by atoms with Crippen molar-refractivity contribution in [2.75, 3.05) is 99.0 Å². The SMILES string of the molecule is CN(C)C/C=C/C(=O)Nc1cccc(-c2nc(Nc3cccc(N4CCOCC4)c3)nc3[nH]nc(C(=O)Nc4ccc(N5CCOCC5)c(F)c4)c23)c1. The number of likely N-dealkylation sites (N-methyl/N-ethyl adjacent to an activating group) is 1. The number of hydrogen-bond acceptors (Lipinski definition) is 11. The summed E-state index contributed by atoms with van der Waals surface area (Å²) in [5.41, 5.74) is 4.39. The Labute approximate surface area is 306 Å². The van der Waals surface area contributed by atoms with Crippen LogP contribution >= 0.6 is 0 Å². The molecule has 4 heterocycles. The molecule has 274 valence electrons. The van der Waals surface area contributed by atoms with Crippen LogP contribution in [0.5, 0.6) is 0 Å². The third kappa shape index (κ3) is 8.60. The Morgan fingerprint density at radius 3 is 2.34 bits per heavy atom. The molecule has 0 aliphatic carbocycles. The van der Waals surface area contributed by atoms with Crippen LogP contribution in [-0.2, 0) is 14.3 Å². The number of aromatic amines is 1. The van der Waals surface area contributed by atoms with Crippen molar-refractivity contribution in [2.45, 2.75) is 0 Å². The number of nitrogens with one attached hydrogen (secondary N) is 4. The van der Waals surface area contributed by atoms with E-state index in [0.29, 0.717) is 79.7 Å². The minimum absolute atomic E-state index is 0.0228. The van der Waals surface area contributed by atoms with Crippen molar-refractivity contribution in [3.05, 3.63) is 90.4 Å². The molecular weight excluding hydrogens is 679 g/mol. The number of halogens is 1. The lowest BCUT2D eigenvalue weighted by atomic mass is 10.1. The Kier molecular flexibility index (Phi) is 10.8. The van der Waals surface area contributed by atoms with Crippen LogP contribution in [0, 0.1) is 5.82 Å². The van der Waals surface area contributed by atoms with Crippen molar-refractivity contribution in [3.63, 3.8) is 0 Å². The maximum absolute atomic E-state index is 15.2. The van der Waals surface area contributed by atoms with E-state index in [4.69, 9.17) is 19.4 Å². The second-order valence-electron chi connectivity index (χ2n) is 12.9. The van der Waals surface area contributed by atoms with E-state index in [1.54, 1.807) is 36.4 Å². The summed E-state index contributed by atoms with van der Waals surface area (Å²) in [5.74, 6) is -1.04. The summed E-state index contributed by atoms with van der Waals surface area (Å²) in [6.45, 7) is 5.74. The first-order chi connectivity index (χ1) is 25.8. The normalized spacial score (nSPS) is 14.9. The number of carbonyl (C=O) groups excluding carboxylic acids is 2. The highest BCUT2D eigenvalue weighted by atomic mass is 19.1. The van der Waals surface area contributed by atoms with Gasteiger partial charge in [-0.25, -0.2) is 9.37 Å². The molecule has 3 aromatic carbocycles. The van der Waals surface area contributed by atoms with Crippen LogP contribution < -0.4 is 25.8 Å². The zero-order valence-electron chi connectivity index (χ0n) is 29.6. The van der Waals surface area contributed by atoms with Crippen LogP contribution in [0.15, 0.2) is 78.9 Å². The van der Waals surface area contributed by atoms with Crippen molar-refractivity contribution in [1.29, 1.82) is 0 Å². The molecular formula is C38H41FN10O4. The van der Waals surface area contributed by atoms with Crippen molar-refractivity contribution in [3.8, 4) is 11.3 Å². The van der Waals surface area contributed by atoms with Crippen molar-refractivity contribution < 1.29 is 23.5 Å². The monoisotopic (exact) mass is 720 g/mol. The topological polar surface area (TPSA) is 153 Å². The van der Waals surface area contributed by atoms with Gasteiger partial charge in [-0.1, -0.05) is 24.3 Å². The lowest BCUT2D eigenvalue weighted by Gasteiger charge is -2.29. The van der Waals surface area contributed by atoms with Gasteiger partial charge in [0.15, 0.2) is 11.3 Å². The van der Waals surface area contributed by atoms with E-state index in [-0.39, 0.29) is 23.2 Å². The average Bonchev–Trinajstić information content (AvgIpc) is 3.60. The molecule has 7 rings (SSSR count). The molecule has 2 saturated heterocycles. The average molecular weight is 721 g/mol. The number of ether oxygens (including phenoxy) is 2. The van der Waals surface area contributed by atoms with Gasteiger partial charge in [-0.05, 0) is 62.6 Å². The Hall–Kier alpha value is -5.90. The Bertz CT molecular complexity index is 2130. The lowest BCUT2D eigenvalue weighted by Crippen LogP contribution is -2.36. The molecule has 5 aromatic rings. The number of nitrogens with zero attached hydrogens (tertiary/aromatic N) is 6. The fourth-order valence-corrected chi connectivity index (χ4v) is 6.23. The highest BCUT2D eigenvalue weighted by Gasteiger charge is 2.23. The molecule has 2 amide bonds. The summed E-state index contributed by atoms with van der Waals surface area (Å²) < 4.78 is 26.1. The van der Waals surface area contributed by atoms with Gasteiger partial charge in [0.1, 0.15) is 5.82 Å². The van der Waals surface area contributed by atoms with E-state index in [1.165, 1.54) is 12.1 Å². The summed E-state index contributed by atoms with van der Waals surface area (Å²) in [6.07, 6.45) is 3.26. The van der Waals surface area contributed by atoms with Crippen LogP contribution in [0.3, 0.4) is 0 Å². The molecule has 4 N–H and O–H groups in total. The van der Waals surface area contributed by atoms with Gasteiger partial charge in [-0.15, -0.1) is 0 Å². The number of amides is 2. The van der Waals surface area contributed by atoms with Gasteiger partial charge in [-0.3, -0.25) is 14.7 Å². The van der Waals surface area contributed by atoms with Gasteiger partial charge in [0, 0.05) is 67.1 Å². The predicted molar refractivity (Wildman–Crippen MR) is 204 cm³/mol. The predicted octanol–water partition coefficient (Wildman–Crippen LogP) is 4.88.